The number of amides is 4. The van der Waals surface area contributed by atoms with Crippen LogP contribution in [-0.2, 0) is 16.0 Å². The third kappa shape index (κ3) is 3.97. The van der Waals surface area contributed by atoms with Crippen LogP contribution in [0.3, 0.4) is 0 Å². The lowest BCUT2D eigenvalue weighted by atomic mass is 9.90. The molecule has 0 spiro atoms. The number of benzene rings is 2. The number of nitrogen functional groups attached to an aromatic ring is 1. The fraction of sp³-hybridized carbons (Fsp3) is 0.360. The van der Waals surface area contributed by atoms with Gasteiger partial charge in [0.15, 0.2) is 0 Å². The van der Waals surface area contributed by atoms with Crippen LogP contribution in [0.1, 0.15) is 52.0 Å². The summed E-state index contributed by atoms with van der Waals surface area (Å²) in [5, 5.41) is 2.22. The largest absolute Gasteiger partial charge is 0.399 e. The number of rotatable bonds is 4. The van der Waals surface area contributed by atoms with E-state index in [2.05, 4.69) is 22.3 Å². The number of piperidine rings is 2. The highest BCUT2D eigenvalue weighted by Gasteiger charge is 2.44. The molecule has 5 rings (SSSR count). The summed E-state index contributed by atoms with van der Waals surface area (Å²) in [6.45, 7) is 1.74. The first-order chi connectivity index (χ1) is 15.9. The molecule has 0 aliphatic carbocycles. The molecule has 0 radical (unpaired) electrons. The zero-order valence-electron chi connectivity index (χ0n) is 18.3. The van der Waals surface area contributed by atoms with Crippen molar-refractivity contribution in [1.82, 2.24) is 10.2 Å². The first-order valence-corrected chi connectivity index (χ1v) is 11.4. The summed E-state index contributed by atoms with van der Waals surface area (Å²) in [6, 6.07) is 12.4. The molecular weight excluding hydrogens is 420 g/mol. The van der Waals surface area contributed by atoms with Crippen molar-refractivity contribution in [3.63, 3.8) is 0 Å². The number of fused-ring (bicyclic) bond motifs is 1. The summed E-state index contributed by atoms with van der Waals surface area (Å²) in [5.74, 6) is -1.33. The van der Waals surface area contributed by atoms with Gasteiger partial charge in [0.25, 0.3) is 11.8 Å². The van der Waals surface area contributed by atoms with Crippen molar-refractivity contribution in [2.75, 3.05) is 23.7 Å². The van der Waals surface area contributed by atoms with Crippen LogP contribution >= 0.6 is 0 Å². The Labute approximate surface area is 191 Å². The van der Waals surface area contributed by atoms with Gasteiger partial charge in [-0.2, -0.15) is 0 Å². The third-order valence-corrected chi connectivity index (χ3v) is 6.91. The molecule has 2 fully saturated rings. The normalized spacial score (nSPS) is 21.4. The first kappa shape index (κ1) is 21.2. The average Bonchev–Trinajstić information content (AvgIpc) is 3.06. The van der Waals surface area contributed by atoms with Gasteiger partial charge in [0.1, 0.15) is 6.04 Å². The fourth-order valence-electron chi connectivity index (χ4n) is 5.04. The van der Waals surface area contributed by atoms with E-state index in [4.69, 9.17) is 5.73 Å². The molecule has 3 N–H and O–H groups in total. The summed E-state index contributed by atoms with van der Waals surface area (Å²) in [7, 11) is 0. The van der Waals surface area contributed by atoms with Crippen LogP contribution in [0.15, 0.2) is 42.5 Å². The van der Waals surface area contributed by atoms with Gasteiger partial charge in [0.05, 0.1) is 11.1 Å². The minimum Gasteiger partial charge on any atom is -0.399 e. The molecule has 3 aliphatic rings. The predicted molar refractivity (Wildman–Crippen MR) is 123 cm³/mol. The van der Waals surface area contributed by atoms with Gasteiger partial charge in [-0.25, -0.2) is 0 Å². The number of carbonyl (C=O) groups excluding carboxylic acids is 4. The second kappa shape index (κ2) is 8.35. The van der Waals surface area contributed by atoms with E-state index >= 15 is 0 Å². The molecule has 0 saturated carbocycles. The van der Waals surface area contributed by atoms with Crippen LogP contribution < -0.4 is 16.0 Å². The van der Waals surface area contributed by atoms with Gasteiger partial charge in [-0.1, -0.05) is 12.1 Å². The van der Waals surface area contributed by atoms with Crippen LogP contribution in [0.5, 0.6) is 0 Å². The third-order valence-electron chi connectivity index (χ3n) is 6.91. The van der Waals surface area contributed by atoms with Crippen molar-refractivity contribution in [2.24, 2.45) is 5.92 Å². The van der Waals surface area contributed by atoms with Gasteiger partial charge in [-0.05, 0) is 67.5 Å². The number of nitrogens with zero attached hydrogens (tertiary/aromatic N) is 2. The van der Waals surface area contributed by atoms with Crippen LogP contribution in [0, 0.1) is 5.92 Å². The predicted octanol–water partition coefficient (Wildman–Crippen LogP) is 2.13. The number of anilines is 2. The molecule has 170 valence electrons. The summed E-state index contributed by atoms with van der Waals surface area (Å²) < 4.78 is 0. The van der Waals surface area contributed by atoms with Crippen molar-refractivity contribution >= 4 is 35.0 Å². The summed E-state index contributed by atoms with van der Waals surface area (Å²) >= 11 is 0. The number of carbonyl (C=O) groups is 4. The zero-order valence-corrected chi connectivity index (χ0v) is 18.3. The van der Waals surface area contributed by atoms with Gasteiger partial charge in [0.2, 0.25) is 11.8 Å². The van der Waals surface area contributed by atoms with E-state index in [0.717, 1.165) is 48.6 Å². The number of nitrogens with one attached hydrogen (secondary N) is 1. The number of hydrogen-bond donors (Lipinski definition) is 2. The second-order valence-corrected chi connectivity index (χ2v) is 9.05. The highest BCUT2D eigenvalue weighted by atomic mass is 16.2. The fourth-order valence-corrected chi connectivity index (χ4v) is 5.04. The lowest BCUT2D eigenvalue weighted by Gasteiger charge is -2.34. The van der Waals surface area contributed by atoms with Crippen molar-refractivity contribution in [2.45, 2.75) is 38.1 Å². The number of hydrogen-bond acceptors (Lipinski definition) is 6. The van der Waals surface area contributed by atoms with E-state index in [9.17, 15) is 19.2 Å². The average molecular weight is 447 g/mol. The van der Waals surface area contributed by atoms with E-state index in [1.807, 2.05) is 18.2 Å². The van der Waals surface area contributed by atoms with Crippen molar-refractivity contribution in [1.29, 1.82) is 0 Å². The van der Waals surface area contributed by atoms with E-state index < -0.39 is 23.8 Å². The van der Waals surface area contributed by atoms with E-state index in [-0.39, 0.29) is 18.7 Å². The van der Waals surface area contributed by atoms with Gasteiger partial charge in [-0.3, -0.25) is 29.4 Å². The zero-order chi connectivity index (χ0) is 23.1. The Morgan fingerprint density at radius 2 is 1.58 bits per heavy atom. The van der Waals surface area contributed by atoms with Gasteiger partial charge >= 0.3 is 0 Å². The van der Waals surface area contributed by atoms with Crippen LogP contribution in [0.25, 0.3) is 0 Å². The van der Waals surface area contributed by atoms with Crippen molar-refractivity contribution in [3.8, 4) is 0 Å². The van der Waals surface area contributed by atoms with Crippen LogP contribution in [0.2, 0.25) is 0 Å². The van der Waals surface area contributed by atoms with Gasteiger partial charge in [0, 0.05) is 30.9 Å². The molecule has 0 bridgehead atoms. The van der Waals surface area contributed by atoms with Gasteiger partial charge < -0.3 is 10.6 Å². The lowest BCUT2D eigenvalue weighted by Crippen LogP contribution is -2.54. The number of nitrogens with two attached hydrogens (primary N) is 1. The summed E-state index contributed by atoms with van der Waals surface area (Å²) in [6.07, 6.45) is 3.37. The maximum Gasteiger partial charge on any atom is 0.262 e. The molecule has 1 unspecified atom stereocenters. The topological polar surface area (TPSA) is 113 Å². The molecule has 33 heavy (non-hydrogen) atoms. The molecule has 2 aromatic rings. The van der Waals surface area contributed by atoms with Gasteiger partial charge in [-0.15, -0.1) is 0 Å². The Balaban J connectivity index is 1.27. The lowest BCUT2D eigenvalue weighted by molar-refractivity contribution is -0.136. The molecule has 2 saturated heterocycles. The maximum absolute atomic E-state index is 13.1. The Morgan fingerprint density at radius 3 is 2.27 bits per heavy atom. The Morgan fingerprint density at radius 1 is 0.879 bits per heavy atom. The van der Waals surface area contributed by atoms with Crippen molar-refractivity contribution < 1.29 is 19.2 Å². The Kier molecular flexibility index (Phi) is 5.36. The standard InChI is InChI=1S/C25H26N4O4/c26-17-3-1-15(2-4-17)13-16-9-11-28(12-10-16)18-5-6-19-20(14-18)25(33)29(24(19)32)21-7-8-22(30)27-23(21)31/h1-6,14,16,21H,7-13,26H2,(H,27,30,31). The molecule has 4 amide bonds. The maximum atomic E-state index is 13.1. The smallest absolute Gasteiger partial charge is 0.262 e. The molecule has 0 aromatic heterocycles. The monoisotopic (exact) mass is 446 g/mol. The molecule has 3 aliphatic heterocycles. The Hall–Kier alpha value is -3.68. The van der Waals surface area contributed by atoms with E-state index in [0.29, 0.717) is 17.0 Å². The molecule has 3 heterocycles. The quantitative estimate of drug-likeness (QED) is 0.550. The summed E-state index contributed by atoms with van der Waals surface area (Å²) in [4.78, 5) is 52.9. The second-order valence-electron chi connectivity index (χ2n) is 9.05. The minimum atomic E-state index is -0.942. The van der Waals surface area contributed by atoms with Crippen molar-refractivity contribution in [3.05, 3.63) is 59.2 Å². The molecule has 8 nitrogen and oxygen atoms in total. The first-order valence-electron chi connectivity index (χ1n) is 11.4. The van der Waals surface area contributed by atoms with Crippen LogP contribution in [0.4, 0.5) is 11.4 Å². The SMILES string of the molecule is Nc1ccc(CC2CCN(c3ccc4c(c3)C(=O)N(C3CCC(=O)NC3=O)C4=O)CC2)cc1. The Bertz CT molecular complexity index is 1140. The van der Waals surface area contributed by atoms with E-state index in [1.165, 1.54) is 5.56 Å². The van der Waals surface area contributed by atoms with E-state index in [1.54, 1.807) is 12.1 Å². The van der Waals surface area contributed by atoms with Crippen LogP contribution in [-0.4, -0.2) is 47.7 Å². The molecule has 2 aromatic carbocycles. The molecule has 8 heteroatoms. The summed E-state index contributed by atoms with van der Waals surface area (Å²) in [5.41, 5.74) is 9.38. The molecule has 1 atom stereocenters. The number of imide groups is 2. The minimum absolute atomic E-state index is 0.111. The highest BCUT2D eigenvalue weighted by Crippen LogP contribution is 2.32. The highest BCUT2D eigenvalue weighted by molar-refractivity contribution is 6.23. The molecular formula is C25H26N4O4.